The molecule has 1 aliphatic rings. The van der Waals surface area contributed by atoms with E-state index < -0.39 is 4.92 Å². The van der Waals surface area contributed by atoms with E-state index in [4.69, 9.17) is 4.74 Å². The molecule has 184 valence electrons. The van der Waals surface area contributed by atoms with Gasteiger partial charge in [-0.1, -0.05) is 42.5 Å². The zero-order valence-corrected chi connectivity index (χ0v) is 20.3. The van der Waals surface area contributed by atoms with E-state index in [1.807, 2.05) is 65.0 Å². The van der Waals surface area contributed by atoms with Crippen LogP contribution >= 0.6 is 0 Å². The Kier molecular flexibility index (Phi) is 6.28. The number of carbonyl (C=O) groups is 1. The first kappa shape index (κ1) is 23.3. The van der Waals surface area contributed by atoms with Crippen LogP contribution < -0.4 is 9.64 Å². The second-order valence-corrected chi connectivity index (χ2v) is 8.77. The molecule has 2 aromatic heterocycles. The van der Waals surface area contributed by atoms with Gasteiger partial charge in [-0.3, -0.25) is 14.9 Å². The number of aryl methyl sites for hydroxylation is 1. The summed E-state index contributed by atoms with van der Waals surface area (Å²) in [5.74, 6) is 1.37. The van der Waals surface area contributed by atoms with Gasteiger partial charge in [-0.05, 0) is 24.1 Å². The molecule has 0 aliphatic carbocycles. The van der Waals surface area contributed by atoms with Crippen molar-refractivity contribution in [2.75, 3.05) is 38.2 Å². The smallest absolute Gasteiger partial charge is 0.287 e. The first-order valence-corrected chi connectivity index (χ1v) is 11.8. The largest absolute Gasteiger partial charge is 0.495 e. The third-order valence-electron chi connectivity index (χ3n) is 6.71. The third kappa shape index (κ3) is 4.13. The molecule has 36 heavy (non-hydrogen) atoms. The van der Waals surface area contributed by atoms with Crippen LogP contribution in [0, 0.1) is 10.1 Å². The molecule has 0 unspecified atom stereocenters. The summed E-state index contributed by atoms with van der Waals surface area (Å²) >= 11 is 0. The van der Waals surface area contributed by atoms with Crippen molar-refractivity contribution in [1.82, 2.24) is 14.5 Å². The van der Waals surface area contributed by atoms with Gasteiger partial charge in [0.15, 0.2) is 0 Å². The lowest BCUT2D eigenvalue weighted by Crippen LogP contribution is -2.35. The van der Waals surface area contributed by atoms with Crippen LogP contribution in [0.4, 0.5) is 11.5 Å². The monoisotopic (exact) mass is 485 g/mol. The number of hydrogen-bond donors (Lipinski definition) is 0. The Morgan fingerprint density at radius 1 is 1.00 bits per heavy atom. The molecule has 0 radical (unpaired) electrons. The number of ether oxygens (including phenoxy) is 1. The first-order chi connectivity index (χ1) is 17.5. The Morgan fingerprint density at radius 2 is 1.81 bits per heavy atom. The Labute approximate surface area is 208 Å². The summed E-state index contributed by atoms with van der Waals surface area (Å²) in [4.78, 5) is 32.8. The zero-order chi connectivity index (χ0) is 25.2. The van der Waals surface area contributed by atoms with E-state index in [-0.39, 0.29) is 11.6 Å². The Hall–Kier alpha value is -4.40. The summed E-state index contributed by atoms with van der Waals surface area (Å²) in [6, 6.07) is 18.9. The van der Waals surface area contributed by atoms with Crippen molar-refractivity contribution in [1.29, 1.82) is 0 Å². The van der Waals surface area contributed by atoms with Gasteiger partial charge in [0.05, 0.1) is 28.8 Å². The van der Waals surface area contributed by atoms with Crippen LogP contribution in [-0.2, 0) is 7.05 Å². The van der Waals surface area contributed by atoms with Crippen molar-refractivity contribution in [2.24, 2.45) is 7.05 Å². The van der Waals surface area contributed by atoms with Crippen LogP contribution in [0.1, 0.15) is 16.8 Å². The predicted molar refractivity (Wildman–Crippen MR) is 139 cm³/mol. The van der Waals surface area contributed by atoms with Crippen LogP contribution in [0.15, 0.2) is 66.9 Å². The number of anilines is 1. The number of fused-ring (bicyclic) bond motifs is 1. The fraction of sp³-hybridized carbons (Fsp3) is 0.259. The van der Waals surface area contributed by atoms with Gasteiger partial charge in [0, 0.05) is 44.7 Å². The number of para-hydroxylation sites is 1. The molecule has 1 aliphatic heterocycles. The number of carbonyl (C=O) groups excluding carboxylic acids is 1. The molecule has 9 nitrogen and oxygen atoms in total. The highest BCUT2D eigenvalue weighted by atomic mass is 16.6. The SMILES string of the molecule is COc1cccc2c(C(=O)N3CCCN(c4ccc([N+](=O)[O-])cn4)CC3)c(-c3ccccc3)n(C)c12. The van der Waals surface area contributed by atoms with E-state index in [1.165, 1.54) is 12.3 Å². The fourth-order valence-electron chi connectivity index (χ4n) is 4.97. The lowest BCUT2D eigenvalue weighted by Gasteiger charge is -2.23. The Bertz CT molecular complexity index is 1420. The lowest BCUT2D eigenvalue weighted by atomic mass is 10.0. The molecule has 4 aromatic rings. The van der Waals surface area contributed by atoms with Crippen molar-refractivity contribution in [3.8, 4) is 17.0 Å². The number of hydrogen-bond acceptors (Lipinski definition) is 6. The van der Waals surface area contributed by atoms with Gasteiger partial charge in [-0.15, -0.1) is 0 Å². The normalized spacial score (nSPS) is 14.1. The van der Waals surface area contributed by atoms with E-state index in [0.29, 0.717) is 37.6 Å². The average Bonchev–Trinajstić information content (AvgIpc) is 3.05. The standard InChI is InChI=1S/C27H27N5O4/c1-29-25(19-8-4-3-5-9-19)24(21-10-6-11-22(36-2)26(21)29)27(33)31-15-7-14-30(16-17-31)23-13-12-20(18-28-23)32(34)35/h3-6,8-13,18H,7,14-17H2,1-2H3. The number of amides is 1. The molecule has 1 saturated heterocycles. The van der Waals surface area contributed by atoms with E-state index in [2.05, 4.69) is 9.88 Å². The van der Waals surface area contributed by atoms with E-state index in [0.717, 1.165) is 34.3 Å². The van der Waals surface area contributed by atoms with Gasteiger partial charge in [0.2, 0.25) is 0 Å². The van der Waals surface area contributed by atoms with Gasteiger partial charge < -0.3 is 19.1 Å². The average molecular weight is 486 g/mol. The summed E-state index contributed by atoms with van der Waals surface area (Å²) in [6.07, 6.45) is 2.04. The quantitative estimate of drug-likeness (QED) is 0.305. The molecule has 3 heterocycles. The number of nitrogens with zero attached hydrogens (tertiary/aromatic N) is 5. The minimum absolute atomic E-state index is 0.0220. The molecule has 0 bridgehead atoms. The van der Waals surface area contributed by atoms with Crippen molar-refractivity contribution >= 4 is 28.3 Å². The Balaban J connectivity index is 1.49. The highest BCUT2D eigenvalue weighted by Crippen LogP contribution is 2.38. The van der Waals surface area contributed by atoms with Crippen molar-refractivity contribution in [3.63, 3.8) is 0 Å². The molecule has 5 rings (SSSR count). The van der Waals surface area contributed by atoms with Crippen LogP contribution in [0.2, 0.25) is 0 Å². The van der Waals surface area contributed by atoms with Gasteiger partial charge in [-0.2, -0.15) is 0 Å². The van der Waals surface area contributed by atoms with E-state index in [1.54, 1.807) is 13.2 Å². The summed E-state index contributed by atoms with van der Waals surface area (Å²) in [7, 11) is 3.61. The Morgan fingerprint density at radius 3 is 2.50 bits per heavy atom. The highest BCUT2D eigenvalue weighted by molar-refractivity contribution is 6.14. The van der Waals surface area contributed by atoms with Crippen LogP contribution in [0.25, 0.3) is 22.2 Å². The van der Waals surface area contributed by atoms with Crippen molar-refractivity contribution in [3.05, 3.63) is 82.5 Å². The van der Waals surface area contributed by atoms with Gasteiger partial charge in [0.25, 0.3) is 11.6 Å². The second-order valence-electron chi connectivity index (χ2n) is 8.77. The molecule has 1 fully saturated rings. The maximum Gasteiger partial charge on any atom is 0.287 e. The van der Waals surface area contributed by atoms with Crippen molar-refractivity contribution < 1.29 is 14.5 Å². The fourth-order valence-corrected chi connectivity index (χ4v) is 4.97. The third-order valence-corrected chi connectivity index (χ3v) is 6.71. The molecule has 0 spiro atoms. The van der Waals surface area contributed by atoms with Crippen LogP contribution in [0.5, 0.6) is 5.75 Å². The molecule has 9 heteroatoms. The summed E-state index contributed by atoms with van der Waals surface area (Å²) in [5, 5.41) is 11.8. The van der Waals surface area contributed by atoms with Crippen molar-refractivity contribution in [2.45, 2.75) is 6.42 Å². The number of nitro groups is 1. The number of methoxy groups -OCH3 is 1. The second kappa shape index (κ2) is 9.69. The number of benzene rings is 2. The summed E-state index contributed by atoms with van der Waals surface area (Å²) in [5.41, 5.74) is 3.34. The molecule has 0 N–H and O–H groups in total. The van der Waals surface area contributed by atoms with Crippen LogP contribution in [0.3, 0.4) is 0 Å². The summed E-state index contributed by atoms with van der Waals surface area (Å²) in [6.45, 7) is 2.43. The first-order valence-electron chi connectivity index (χ1n) is 11.8. The topological polar surface area (TPSA) is 93.7 Å². The maximum absolute atomic E-state index is 14.1. The van der Waals surface area contributed by atoms with Gasteiger partial charge in [0.1, 0.15) is 17.8 Å². The predicted octanol–water partition coefficient (Wildman–Crippen LogP) is 4.51. The maximum atomic E-state index is 14.1. The van der Waals surface area contributed by atoms with E-state index >= 15 is 0 Å². The molecular formula is C27H27N5O4. The highest BCUT2D eigenvalue weighted by Gasteiger charge is 2.29. The van der Waals surface area contributed by atoms with Gasteiger partial charge in [-0.25, -0.2) is 4.98 Å². The number of pyridine rings is 1. The van der Waals surface area contributed by atoms with Gasteiger partial charge >= 0.3 is 0 Å². The minimum atomic E-state index is -0.455. The molecule has 2 aromatic carbocycles. The van der Waals surface area contributed by atoms with Crippen LogP contribution in [-0.4, -0.2) is 58.6 Å². The zero-order valence-electron chi connectivity index (χ0n) is 20.3. The molecule has 1 amide bonds. The molecule has 0 atom stereocenters. The molecular weight excluding hydrogens is 458 g/mol. The van der Waals surface area contributed by atoms with E-state index in [9.17, 15) is 14.9 Å². The number of rotatable bonds is 5. The number of aromatic nitrogens is 2. The molecule has 0 saturated carbocycles. The summed E-state index contributed by atoms with van der Waals surface area (Å²) < 4.78 is 7.69. The lowest BCUT2D eigenvalue weighted by molar-refractivity contribution is -0.385. The minimum Gasteiger partial charge on any atom is -0.495 e.